The van der Waals surface area contributed by atoms with Gasteiger partial charge in [-0.2, -0.15) is 0 Å². The average molecular weight is 369 g/mol. The summed E-state index contributed by atoms with van der Waals surface area (Å²) in [6.07, 6.45) is 0.361. The van der Waals surface area contributed by atoms with Gasteiger partial charge in [-0.25, -0.2) is 0 Å². The van der Waals surface area contributed by atoms with Crippen LogP contribution in [0.25, 0.3) is 11.5 Å². The van der Waals surface area contributed by atoms with Crippen molar-refractivity contribution in [1.82, 2.24) is 10.2 Å². The lowest BCUT2D eigenvalue weighted by atomic mass is 10.2. The fourth-order valence-electron chi connectivity index (χ4n) is 2.21. The van der Waals surface area contributed by atoms with Crippen molar-refractivity contribution in [2.24, 2.45) is 0 Å². The van der Waals surface area contributed by atoms with E-state index in [4.69, 9.17) is 9.15 Å². The molecule has 0 aliphatic rings. The molecule has 3 rings (SSSR count). The van der Waals surface area contributed by atoms with E-state index >= 15 is 0 Å². The van der Waals surface area contributed by atoms with Gasteiger partial charge in [-0.15, -0.1) is 16.9 Å². The molecule has 0 aliphatic heterocycles. The molecule has 26 heavy (non-hydrogen) atoms. The Balaban J connectivity index is 1.50. The van der Waals surface area contributed by atoms with Crippen molar-refractivity contribution in [3.05, 3.63) is 54.6 Å². The molecule has 0 spiro atoms. The van der Waals surface area contributed by atoms with Crippen LogP contribution in [0.1, 0.15) is 13.3 Å². The SMILES string of the molecule is CCOc1ccc(-c2nnc(NC(=O)CCSc3ccccc3)o2)cc1. The third kappa shape index (κ3) is 5.10. The van der Waals surface area contributed by atoms with Crippen LogP contribution in [0, 0.1) is 0 Å². The largest absolute Gasteiger partial charge is 0.494 e. The molecule has 0 fully saturated rings. The van der Waals surface area contributed by atoms with Gasteiger partial charge in [0.25, 0.3) is 0 Å². The smallest absolute Gasteiger partial charge is 0.322 e. The quantitative estimate of drug-likeness (QED) is 0.598. The van der Waals surface area contributed by atoms with Crippen LogP contribution in [-0.4, -0.2) is 28.5 Å². The summed E-state index contributed by atoms with van der Waals surface area (Å²) in [6.45, 7) is 2.54. The van der Waals surface area contributed by atoms with E-state index in [2.05, 4.69) is 15.5 Å². The summed E-state index contributed by atoms with van der Waals surface area (Å²) < 4.78 is 10.9. The van der Waals surface area contributed by atoms with E-state index in [1.807, 2.05) is 61.5 Å². The molecule has 0 atom stereocenters. The number of rotatable bonds is 8. The van der Waals surface area contributed by atoms with Crippen LogP contribution in [0.2, 0.25) is 0 Å². The lowest BCUT2D eigenvalue weighted by molar-refractivity contribution is -0.115. The highest BCUT2D eigenvalue weighted by Gasteiger charge is 2.11. The molecule has 0 aliphatic carbocycles. The summed E-state index contributed by atoms with van der Waals surface area (Å²) >= 11 is 1.63. The van der Waals surface area contributed by atoms with E-state index in [0.29, 0.717) is 24.7 Å². The highest BCUT2D eigenvalue weighted by molar-refractivity contribution is 7.99. The Hall–Kier alpha value is -2.80. The van der Waals surface area contributed by atoms with Crippen molar-refractivity contribution in [3.8, 4) is 17.2 Å². The molecule has 1 N–H and O–H groups in total. The molecule has 1 amide bonds. The van der Waals surface area contributed by atoms with Crippen LogP contribution in [0.4, 0.5) is 6.01 Å². The van der Waals surface area contributed by atoms with Crippen molar-refractivity contribution < 1.29 is 13.9 Å². The van der Waals surface area contributed by atoms with E-state index in [0.717, 1.165) is 16.2 Å². The predicted molar refractivity (Wildman–Crippen MR) is 101 cm³/mol. The zero-order chi connectivity index (χ0) is 18.2. The molecule has 0 radical (unpaired) electrons. The maximum absolute atomic E-state index is 12.0. The monoisotopic (exact) mass is 369 g/mol. The highest BCUT2D eigenvalue weighted by atomic mass is 32.2. The van der Waals surface area contributed by atoms with Gasteiger partial charge >= 0.3 is 6.01 Å². The second-order valence-corrected chi connectivity index (χ2v) is 6.50. The maximum atomic E-state index is 12.0. The number of carbonyl (C=O) groups excluding carboxylic acids is 1. The molecule has 0 bridgehead atoms. The van der Waals surface area contributed by atoms with E-state index in [-0.39, 0.29) is 11.9 Å². The number of hydrogen-bond donors (Lipinski definition) is 1. The molecule has 2 aromatic carbocycles. The van der Waals surface area contributed by atoms with Gasteiger partial charge in [-0.1, -0.05) is 23.3 Å². The highest BCUT2D eigenvalue weighted by Crippen LogP contribution is 2.23. The van der Waals surface area contributed by atoms with Crippen LogP contribution in [0.3, 0.4) is 0 Å². The van der Waals surface area contributed by atoms with E-state index in [1.165, 1.54) is 0 Å². The number of carbonyl (C=O) groups is 1. The number of thioether (sulfide) groups is 1. The molecule has 0 unspecified atom stereocenters. The van der Waals surface area contributed by atoms with Crippen LogP contribution in [0.5, 0.6) is 5.75 Å². The maximum Gasteiger partial charge on any atom is 0.322 e. The molecular weight excluding hydrogens is 350 g/mol. The zero-order valence-corrected chi connectivity index (χ0v) is 15.2. The second kappa shape index (κ2) is 9.05. The molecule has 3 aromatic rings. The average Bonchev–Trinajstić information content (AvgIpc) is 3.12. The number of anilines is 1. The molecular formula is C19H19N3O3S. The Labute approximate surface area is 156 Å². The Bertz CT molecular complexity index is 835. The Kier molecular flexibility index (Phi) is 6.27. The van der Waals surface area contributed by atoms with E-state index in [1.54, 1.807) is 11.8 Å². The van der Waals surface area contributed by atoms with Crippen LogP contribution in [-0.2, 0) is 4.79 Å². The summed E-state index contributed by atoms with van der Waals surface area (Å²) in [5, 5.41) is 10.5. The lowest BCUT2D eigenvalue weighted by Gasteiger charge is -2.02. The Morgan fingerprint density at radius 1 is 1.12 bits per heavy atom. The summed E-state index contributed by atoms with van der Waals surface area (Å²) in [5.41, 5.74) is 0.765. The fraction of sp³-hybridized carbons (Fsp3) is 0.211. The number of hydrogen-bond acceptors (Lipinski definition) is 6. The summed E-state index contributed by atoms with van der Waals surface area (Å²) in [4.78, 5) is 13.1. The molecule has 1 aromatic heterocycles. The molecule has 134 valence electrons. The summed E-state index contributed by atoms with van der Waals surface area (Å²) in [5.74, 6) is 1.65. The van der Waals surface area contributed by atoms with E-state index < -0.39 is 0 Å². The number of benzene rings is 2. The molecule has 0 saturated carbocycles. The minimum Gasteiger partial charge on any atom is -0.494 e. The Morgan fingerprint density at radius 3 is 2.62 bits per heavy atom. The van der Waals surface area contributed by atoms with Crippen molar-refractivity contribution in [1.29, 1.82) is 0 Å². The minimum absolute atomic E-state index is 0.101. The van der Waals surface area contributed by atoms with Crippen molar-refractivity contribution in [2.75, 3.05) is 17.7 Å². The Morgan fingerprint density at radius 2 is 1.88 bits per heavy atom. The third-order valence-corrected chi connectivity index (χ3v) is 4.44. The number of nitrogens with zero attached hydrogens (tertiary/aromatic N) is 2. The van der Waals surface area contributed by atoms with Gasteiger partial charge in [0.2, 0.25) is 11.8 Å². The molecule has 1 heterocycles. The number of ether oxygens (including phenoxy) is 1. The van der Waals surface area contributed by atoms with Gasteiger partial charge in [0.05, 0.1) is 6.61 Å². The number of aromatic nitrogens is 2. The van der Waals surface area contributed by atoms with E-state index in [9.17, 15) is 4.79 Å². The number of amides is 1. The van der Waals surface area contributed by atoms with Crippen molar-refractivity contribution >= 4 is 23.7 Å². The van der Waals surface area contributed by atoms with Gasteiger partial charge in [0, 0.05) is 22.6 Å². The van der Waals surface area contributed by atoms with Crippen molar-refractivity contribution in [3.63, 3.8) is 0 Å². The second-order valence-electron chi connectivity index (χ2n) is 5.33. The summed E-state index contributed by atoms with van der Waals surface area (Å²) in [7, 11) is 0. The van der Waals surface area contributed by atoms with Crippen molar-refractivity contribution in [2.45, 2.75) is 18.2 Å². The van der Waals surface area contributed by atoms with Crippen LogP contribution < -0.4 is 10.1 Å². The summed E-state index contributed by atoms with van der Waals surface area (Å²) in [6, 6.07) is 17.4. The molecule has 6 nitrogen and oxygen atoms in total. The minimum atomic E-state index is -0.157. The predicted octanol–water partition coefficient (Wildman–Crippen LogP) is 4.26. The first-order valence-electron chi connectivity index (χ1n) is 8.29. The number of nitrogens with one attached hydrogen (secondary N) is 1. The molecule has 7 heteroatoms. The van der Waals surface area contributed by atoms with Crippen LogP contribution >= 0.6 is 11.8 Å². The van der Waals surface area contributed by atoms with Gasteiger partial charge in [0.1, 0.15) is 5.75 Å². The molecule has 0 saturated heterocycles. The lowest BCUT2D eigenvalue weighted by Crippen LogP contribution is -2.12. The standard InChI is InChI=1S/C19H19N3O3S/c1-2-24-15-10-8-14(9-11-15)18-21-22-19(25-18)20-17(23)12-13-26-16-6-4-3-5-7-16/h3-11H,2,12-13H2,1H3,(H,20,22,23). The third-order valence-electron chi connectivity index (χ3n) is 3.42. The van der Waals surface area contributed by atoms with Gasteiger partial charge in [-0.3, -0.25) is 10.1 Å². The van der Waals surface area contributed by atoms with Gasteiger partial charge in [0.15, 0.2) is 0 Å². The van der Waals surface area contributed by atoms with Gasteiger partial charge < -0.3 is 9.15 Å². The zero-order valence-electron chi connectivity index (χ0n) is 14.3. The first-order valence-corrected chi connectivity index (χ1v) is 9.27. The first kappa shape index (κ1) is 18.0. The first-order chi connectivity index (χ1) is 12.7. The van der Waals surface area contributed by atoms with Crippen LogP contribution in [0.15, 0.2) is 63.9 Å². The van der Waals surface area contributed by atoms with Gasteiger partial charge in [-0.05, 0) is 43.3 Å². The normalized spacial score (nSPS) is 10.5. The fourth-order valence-corrected chi connectivity index (χ4v) is 3.08. The topological polar surface area (TPSA) is 77.3 Å².